The second-order valence-electron chi connectivity index (χ2n) is 6.43. The molecule has 1 saturated heterocycles. The lowest BCUT2D eigenvalue weighted by molar-refractivity contribution is 0.410. The maximum Gasteiger partial charge on any atom is 0.166 e. The highest BCUT2D eigenvalue weighted by molar-refractivity contribution is 7.98. The van der Waals surface area contributed by atoms with Gasteiger partial charge in [0.15, 0.2) is 5.16 Å². The van der Waals surface area contributed by atoms with Crippen LogP contribution in [0.3, 0.4) is 0 Å². The van der Waals surface area contributed by atoms with Crippen LogP contribution in [0.2, 0.25) is 0 Å². The summed E-state index contributed by atoms with van der Waals surface area (Å²) in [6.07, 6.45) is 3.98. The summed E-state index contributed by atoms with van der Waals surface area (Å²) < 4.78 is 19.8. The van der Waals surface area contributed by atoms with Crippen molar-refractivity contribution in [2.75, 3.05) is 25.1 Å². The Morgan fingerprint density at radius 1 is 1.31 bits per heavy atom. The summed E-state index contributed by atoms with van der Waals surface area (Å²) in [4.78, 5) is 14.4. The Morgan fingerprint density at radius 3 is 2.88 bits per heavy atom. The Bertz CT molecular complexity index is 937. The zero-order chi connectivity index (χ0) is 18.1. The number of H-pyrrole nitrogens is 1. The fourth-order valence-electron chi connectivity index (χ4n) is 3.33. The Labute approximate surface area is 156 Å². The van der Waals surface area contributed by atoms with E-state index in [4.69, 9.17) is 4.74 Å². The van der Waals surface area contributed by atoms with Gasteiger partial charge in [0.1, 0.15) is 11.6 Å². The van der Waals surface area contributed by atoms with Crippen molar-refractivity contribution in [3.05, 3.63) is 41.5 Å². The second-order valence-corrected chi connectivity index (χ2v) is 7.39. The quantitative estimate of drug-likeness (QED) is 0.677. The van der Waals surface area contributed by atoms with Gasteiger partial charge in [-0.15, -0.1) is 0 Å². The molecule has 1 fully saturated rings. The van der Waals surface area contributed by atoms with E-state index < -0.39 is 0 Å². The number of thioether (sulfide) groups is 1. The SMILES string of the molecule is COc1ccnc(CSc2nc3cc(N4CCCC4)c(F)cc3[nH]2)c1C. The third kappa shape index (κ3) is 3.23. The lowest BCUT2D eigenvalue weighted by atomic mass is 10.2. The van der Waals surface area contributed by atoms with Crippen LogP contribution in [-0.4, -0.2) is 35.2 Å². The molecule has 0 bridgehead atoms. The number of aromatic amines is 1. The first-order valence-corrected chi connectivity index (χ1v) is 9.70. The summed E-state index contributed by atoms with van der Waals surface area (Å²) in [6.45, 7) is 3.82. The van der Waals surface area contributed by atoms with Crippen LogP contribution in [0.5, 0.6) is 5.75 Å². The van der Waals surface area contributed by atoms with Gasteiger partial charge in [-0.1, -0.05) is 11.8 Å². The molecule has 0 amide bonds. The molecule has 1 aliphatic rings. The first-order valence-electron chi connectivity index (χ1n) is 8.71. The van der Waals surface area contributed by atoms with Crippen molar-refractivity contribution >= 4 is 28.5 Å². The first kappa shape index (κ1) is 17.1. The van der Waals surface area contributed by atoms with E-state index in [1.807, 2.05) is 19.1 Å². The minimum absolute atomic E-state index is 0.190. The van der Waals surface area contributed by atoms with Crippen LogP contribution in [0.25, 0.3) is 11.0 Å². The van der Waals surface area contributed by atoms with Crippen molar-refractivity contribution in [2.45, 2.75) is 30.7 Å². The van der Waals surface area contributed by atoms with Gasteiger partial charge in [0, 0.05) is 36.7 Å². The van der Waals surface area contributed by atoms with E-state index in [1.165, 1.54) is 0 Å². The molecule has 0 unspecified atom stereocenters. The number of ether oxygens (including phenoxy) is 1. The number of aromatic nitrogens is 3. The van der Waals surface area contributed by atoms with E-state index in [0.29, 0.717) is 11.4 Å². The van der Waals surface area contributed by atoms with Gasteiger partial charge in [0.2, 0.25) is 0 Å². The molecule has 1 N–H and O–H groups in total. The number of nitrogens with one attached hydrogen (secondary N) is 1. The summed E-state index contributed by atoms with van der Waals surface area (Å²) in [5, 5.41) is 0.766. The molecule has 136 valence electrons. The molecule has 4 rings (SSSR count). The van der Waals surface area contributed by atoms with E-state index in [9.17, 15) is 4.39 Å². The normalized spacial score (nSPS) is 14.3. The van der Waals surface area contributed by atoms with Crippen molar-refractivity contribution in [1.29, 1.82) is 0 Å². The lowest BCUT2D eigenvalue weighted by Crippen LogP contribution is -2.18. The van der Waals surface area contributed by atoms with Gasteiger partial charge in [-0.2, -0.15) is 0 Å². The molecule has 0 spiro atoms. The number of hydrogen-bond donors (Lipinski definition) is 1. The topological polar surface area (TPSA) is 54.0 Å². The monoisotopic (exact) mass is 372 g/mol. The summed E-state index contributed by atoms with van der Waals surface area (Å²) in [6, 6.07) is 5.26. The van der Waals surface area contributed by atoms with Crippen LogP contribution < -0.4 is 9.64 Å². The molecule has 0 radical (unpaired) electrons. The van der Waals surface area contributed by atoms with Crippen LogP contribution in [0.15, 0.2) is 29.6 Å². The number of fused-ring (bicyclic) bond motifs is 1. The van der Waals surface area contributed by atoms with Crippen molar-refractivity contribution in [2.24, 2.45) is 0 Å². The fourth-order valence-corrected chi connectivity index (χ4v) is 4.24. The van der Waals surface area contributed by atoms with E-state index in [2.05, 4.69) is 19.9 Å². The van der Waals surface area contributed by atoms with Gasteiger partial charge in [-0.3, -0.25) is 4.98 Å². The summed E-state index contributed by atoms with van der Waals surface area (Å²) in [5.74, 6) is 1.31. The minimum atomic E-state index is -0.190. The molecule has 0 atom stereocenters. The number of anilines is 1. The van der Waals surface area contributed by atoms with Crippen molar-refractivity contribution in [1.82, 2.24) is 15.0 Å². The third-order valence-electron chi connectivity index (χ3n) is 4.80. The first-order chi connectivity index (χ1) is 12.7. The van der Waals surface area contributed by atoms with E-state index in [-0.39, 0.29) is 5.82 Å². The summed E-state index contributed by atoms with van der Waals surface area (Å²) >= 11 is 1.56. The maximum atomic E-state index is 14.4. The molecule has 0 aliphatic carbocycles. The van der Waals surface area contributed by atoms with Crippen LogP contribution in [-0.2, 0) is 5.75 Å². The number of imidazole rings is 1. The van der Waals surface area contributed by atoms with Gasteiger partial charge in [-0.25, -0.2) is 9.37 Å². The Hall–Kier alpha value is -2.28. The molecule has 7 heteroatoms. The predicted molar refractivity (Wildman–Crippen MR) is 103 cm³/mol. The largest absolute Gasteiger partial charge is 0.496 e. The zero-order valence-corrected chi connectivity index (χ0v) is 15.7. The number of methoxy groups -OCH3 is 1. The smallest absolute Gasteiger partial charge is 0.166 e. The maximum absolute atomic E-state index is 14.4. The van der Waals surface area contributed by atoms with Crippen LogP contribution in [0, 0.1) is 12.7 Å². The van der Waals surface area contributed by atoms with Gasteiger partial charge < -0.3 is 14.6 Å². The van der Waals surface area contributed by atoms with Crippen LogP contribution >= 0.6 is 11.8 Å². The number of rotatable bonds is 5. The summed E-state index contributed by atoms with van der Waals surface area (Å²) in [5.41, 5.74) is 4.16. The Morgan fingerprint density at radius 2 is 2.12 bits per heavy atom. The molecule has 0 saturated carbocycles. The molecular weight excluding hydrogens is 351 g/mol. The molecule has 1 aromatic carbocycles. The summed E-state index contributed by atoms with van der Waals surface area (Å²) in [7, 11) is 1.66. The number of nitrogens with zero attached hydrogens (tertiary/aromatic N) is 3. The molecular formula is C19H21FN4OS. The van der Waals surface area contributed by atoms with E-state index in [1.54, 1.807) is 31.1 Å². The highest BCUT2D eigenvalue weighted by atomic mass is 32.2. The van der Waals surface area contributed by atoms with Gasteiger partial charge in [0.05, 0.1) is 29.5 Å². The minimum Gasteiger partial charge on any atom is -0.496 e. The van der Waals surface area contributed by atoms with Crippen molar-refractivity contribution < 1.29 is 9.13 Å². The zero-order valence-electron chi connectivity index (χ0n) is 14.9. The molecule has 5 nitrogen and oxygen atoms in total. The number of benzene rings is 1. The Balaban J connectivity index is 1.56. The fraction of sp³-hybridized carbons (Fsp3) is 0.368. The number of hydrogen-bond acceptors (Lipinski definition) is 5. The third-order valence-corrected chi connectivity index (χ3v) is 5.68. The Kier molecular flexibility index (Phi) is 4.72. The van der Waals surface area contributed by atoms with Gasteiger partial charge >= 0.3 is 0 Å². The average Bonchev–Trinajstić information content (AvgIpc) is 3.29. The predicted octanol–water partition coefficient (Wildman–Crippen LogP) is 4.31. The lowest BCUT2D eigenvalue weighted by Gasteiger charge is -2.17. The molecule has 2 aromatic heterocycles. The number of pyridine rings is 1. The van der Waals surface area contributed by atoms with Crippen molar-refractivity contribution in [3.63, 3.8) is 0 Å². The van der Waals surface area contributed by atoms with Crippen molar-refractivity contribution in [3.8, 4) is 5.75 Å². The second kappa shape index (κ2) is 7.15. The van der Waals surface area contributed by atoms with Gasteiger partial charge in [-0.05, 0) is 31.9 Å². The van der Waals surface area contributed by atoms with Crippen LogP contribution in [0.1, 0.15) is 24.1 Å². The van der Waals surface area contributed by atoms with E-state index >= 15 is 0 Å². The molecule has 26 heavy (non-hydrogen) atoms. The standard InChI is InChI=1S/C19H21FN4OS/c1-12-16(21-6-5-18(12)25-2)11-26-19-22-14-9-13(20)17(10-15(14)23-19)24-7-3-4-8-24/h5-6,9-10H,3-4,7-8,11H2,1-2H3,(H,22,23). The number of halogens is 1. The molecule has 1 aliphatic heterocycles. The highest BCUT2D eigenvalue weighted by Gasteiger charge is 2.18. The van der Waals surface area contributed by atoms with Crippen LogP contribution in [0.4, 0.5) is 10.1 Å². The highest BCUT2D eigenvalue weighted by Crippen LogP contribution is 2.30. The van der Waals surface area contributed by atoms with E-state index in [0.717, 1.165) is 59.1 Å². The average molecular weight is 372 g/mol. The van der Waals surface area contributed by atoms with Gasteiger partial charge in [0.25, 0.3) is 0 Å². The molecule has 3 aromatic rings. The molecule has 3 heterocycles.